The lowest BCUT2D eigenvalue weighted by Gasteiger charge is -2.09. The minimum Gasteiger partial charge on any atom is -0.463 e. The zero-order valence-electron chi connectivity index (χ0n) is 12.8. The van der Waals surface area contributed by atoms with E-state index >= 15 is 0 Å². The highest BCUT2D eigenvalue weighted by molar-refractivity contribution is 7.89. The average molecular weight is 328 g/mol. The van der Waals surface area contributed by atoms with E-state index in [-0.39, 0.29) is 29.9 Å². The molecular formula is C14H20N2O5S. The first-order chi connectivity index (χ1) is 10.2. The number of amides is 1. The Kier molecular flexibility index (Phi) is 6.51. The zero-order valence-corrected chi connectivity index (χ0v) is 13.6. The van der Waals surface area contributed by atoms with Gasteiger partial charge in [0.1, 0.15) is 0 Å². The smallest absolute Gasteiger partial charge is 0.307 e. The summed E-state index contributed by atoms with van der Waals surface area (Å²) >= 11 is 0. The first kappa shape index (κ1) is 18.1. The first-order valence-corrected chi connectivity index (χ1v) is 8.26. The molecule has 1 amide bonds. The van der Waals surface area contributed by atoms with Gasteiger partial charge in [0.05, 0.1) is 17.4 Å². The third-order valence-electron chi connectivity index (χ3n) is 2.47. The van der Waals surface area contributed by atoms with E-state index in [1.165, 1.54) is 31.2 Å². The van der Waals surface area contributed by atoms with Crippen molar-refractivity contribution in [2.24, 2.45) is 0 Å². The third kappa shape index (κ3) is 6.23. The molecule has 0 spiro atoms. The molecule has 0 saturated heterocycles. The highest BCUT2D eigenvalue weighted by Crippen LogP contribution is 2.13. The Morgan fingerprint density at radius 3 is 2.27 bits per heavy atom. The van der Waals surface area contributed by atoms with E-state index in [1.807, 2.05) is 0 Å². The molecule has 1 rings (SSSR count). The molecule has 0 aliphatic heterocycles. The normalized spacial score (nSPS) is 11.3. The van der Waals surface area contributed by atoms with Crippen LogP contribution in [0.1, 0.15) is 27.2 Å². The number of rotatable bonds is 7. The first-order valence-electron chi connectivity index (χ1n) is 6.77. The number of esters is 1. The zero-order chi connectivity index (χ0) is 16.8. The van der Waals surface area contributed by atoms with E-state index in [0.717, 1.165) is 0 Å². The van der Waals surface area contributed by atoms with Crippen LogP contribution in [0, 0.1) is 0 Å². The molecule has 0 heterocycles. The van der Waals surface area contributed by atoms with Crippen LogP contribution < -0.4 is 10.0 Å². The average Bonchev–Trinajstić information content (AvgIpc) is 2.37. The summed E-state index contributed by atoms with van der Waals surface area (Å²) in [6.45, 7) is 4.77. The van der Waals surface area contributed by atoms with Crippen molar-refractivity contribution >= 4 is 27.6 Å². The molecule has 0 aliphatic rings. The predicted molar refractivity (Wildman–Crippen MR) is 81.8 cm³/mol. The molecule has 0 aliphatic carbocycles. The lowest BCUT2D eigenvalue weighted by molar-refractivity contribution is -0.147. The number of benzene rings is 1. The Morgan fingerprint density at radius 2 is 1.77 bits per heavy atom. The predicted octanol–water partition coefficient (Wildman–Crippen LogP) is 1.26. The Morgan fingerprint density at radius 1 is 1.18 bits per heavy atom. The Labute approximate surface area is 130 Å². The minimum absolute atomic E-state index is 0.0403. The summed E-state index contributed by atoms with van der Waals surface area (Å²) in [5, 5.41) is 2.54. The Hall–Kier alpha value is -1.93. The van der Waals surface area contributed by atoms with Gasteiger partial charge in [-0.15, -0.1) is 0 Å². The van der Waals surface area contributed by atoms with Gasteiger partial charge in [0, 0.05) is 19.2 Å². The second kappa shape index (κ2) is 7.90. The number of ether oxygens (including phenoxy) is 1. The van der Waals surface area contributed by atoms with Gasteiger partial charge < -0.3 is 10.1 Å². The topological polar surface area (TPSA) is 102 Å². The van der Waals surface area contributed by atoms with Gasteiger partial charge in [-0.2, -0.15) is 0 Å². The van der Waals surface area contributed by atoms with E-state index in [9.17, 15) is 18.0 Å². The maximum atomic E-state index is 12.0. The van der Waals surface area contributed by atoms with Crippen molar-refractivity contribution in [1.82, 2.24) is 4.72 Å². The van der Waals surface area contributed by atoms with Crippen LogP contribution in [0.5, 0.6) is 0 Å². The highest BCUT2D eigenvalue weighted by atomic mass is 32.2. The lowest BCUT2D eigenvalue weighted by Crippen LogP contribution is -2.27. The molecule has 0 aromatic heterocycles. The molecule has 0 unspecified atom stereocenters. The fraction of sp³-hybridized carbons (Fsp3) is 0.429. The standard InChI is InChI=1S/C14H20N2O5S/c1-10(2)21-14(18)8-9-15-22(19,20)13-6-4-12(5-7-13)16-11(3)17/h4-7,10,15H,8-9H2,1-3H3,(H,16,17). The Bertz CT molecular complexity index is 623. The number of carbonyl (C=O) groups excluding carboxylic acids is 2. The maximum absolute atomic E-state index is 12.0. The van der Waals surface area contributed by atoms with Crippen LogP contribution in [0.3, 0.4) is 0 Å². The van der Waals surface area contributed by atoms with Crippen molar-refractivity contribution < 1.29 is 22.7 Å². The van der Waals surface area contributed by atoms with Crippen LogP contribution in [0.15, 0.2) is 29.2 Å². The quantitative estimate of drug-likeness (QED) is 0.734. The third-order valence-corrected chi connectivity index (χ3v) is 3.95. The Balaban J connectivity index is 2.59. The fourth-order valence-corrected chi connectivity index (χ4v) is 2.65. The molecule has 122 valence electrons. The molecule has 1 aromatic carbocycles. The molecule has 7 nitrogen and oxygen atoms in total. The second-order valence-corrected chi connectivity index (χ2v) is 6.66. The molecular weight excluding hydrogens is 308 g/mol. The number of carbonyl (C=O) groups is 2. The molecule has 0 bridgehead atoms. The lowest BCUT2D eigenvalue weighted by atomic mass is 10.3. The van der Waals surface area contributed by atoms with Crippen LogP contribution >= 0.6 is 0 Å². The number of nitrogens with one attached hydrogen (secondary N) is 2. The van der Waals surface area contributed by atoms with Gasteiger partial charge in [-0.05, 0) is 38.1 Å². The van der Waals surface area contributed by atoms with Gasteiger partial charge in [0.25, 0.3) is 0 Å². The molecule has 22 heavy (non-hydrogen) atoms. The van der Waals surface area contributed by atoms with Crippen molar-refractivity contribution in [3.8, 4) is 0 Å². The summed E-state index contributed by atoms with van der Waals surface area (Å²) in [5.41, 5.74) is 0.506. The van der Waals surface area contributed by atoms with E-state index in [0.29, 0.717) is 5.69 Å². The van der Waals surface area contributed by atoms with Crippen molar-refractivity contribution in [2.75, 3.05) is 11.9 Å². The summed E-state index contributed by atoms with van der Waals surface area (Å²) < 4.78 is 31.3. The SMILES string of the molecule is CC(=O)Nc1ccc(S(=O)(=O)NCCC(=O)OC(C)C)cc1. The van der Waals surface area contributed by atoms with Crippen LogP contribution in [0.4, 0.5) is 5.69 Å². The van der Waals surface area contributed by atoms with E-state index in [2.05, 4.69) is 10.0 Å². The van der Waals surface area contributed by atoms with Crippen LogP contribution in [-0.2, 0) is 24.3 Å². The van der Waals surface area contributed by atoms with Crippen LogP contribution in [-0.4, -0.2) is 32.9 Å². The van der Waals surface area contributed by atoms with E-state index in [4.69, 9.17) is 4.74 Å². The molecule has 0 saturated carbocycles. The minimum atomic E-state index is -3.70. The largest absolute Gasteiger partial charge is 0.463 e. The molecule has 1 aromatic rings. The van der Waals surface area contributed by atoms with Gasteiger partial charge in [0.2, 0.25) is 15.9 Å². The molecule has 2 N–H and O–H groups in total. The highest BCUT2D eigenvalue weighted by Gasteiger charge is 2.14. The molecule has 0 atom stereocenters. The van der Waals surface area contributed by atoms with Gasteiger partial charge in [-0.3, -0.25) is 9.59 Å². The van der Waals surface area contributed by atoms with Crippen molar-refractivity contribution in [2.45, 2.75) is 38.2 Å². The maximum Gasteiger partial charge on any atom is 0.307 e. The summed E-state index contributed by atoms with van der Waals surface area (Å²) in [6, 6.07) is 5.73. The van der Waals surface area contributed by atoms with Gasteiger partial charge in [0.15, 0.2) is 0 Å². The molecule has 8 heteroatoms. The number of hydrogen-bond acceptors (Lipinski definition) is 5. The summed E-state index contributed by atoms with van der Waals surface area (Å²) in [5.74, 6) is -0.698. The van der Waals surface area contributed by atoms with Gasteiger partial charge in [-0.25, -0.2) is 13.1 Å². The van der Waals surface area contributed by atoms with Gasteiger partial charge in [-0.1, -0.05) is 0 Å². The summed E-state index contributed by atoms with van der Waals surface area (Å²) in [7, 11) is -3.70. The number of sulfonamides is 1. The molecule has 0 radical (unpaired) electrons. The van der Waals surface area contributed by atoms with Crippen molar-refractivity contribution in [3.05, 3.63) is 24.3 Å². The summed E-state index contributed by atoms with van der Waals surface area (Å²) in [4.78, 5) is 22.3. The summed E-state index contributed by atoms with van der Waals surface area (Å²) in [6.07, 6.45) is -0.271. The fourth-order valence-electron chi connectivity index (χ4n) is 1.61. The second-order valence-electron chi connectivity index (χ2n) is 4.89. The van der Waals surface area contributed by atoms with Crippen LogP contribution in [0.2, 0.25) is 0 Å². The van der Waals surface area contributed by atoms with Crippen LogP contribution in [0.25, 0.3) is 0 Å². The monoisotopic (exact) mass is 328 g/mol. The van der Waals surface area contributed by atoms with Gasteiger partial charge >= 0.3 is 5.97 Å². The van der Waals surface area contributed by atoms with Crippen molar-refractivity contribution in [1.29, 1.82) is 0 Å². The number of anilines is 1. The number of hydrogen-bond donors (Lipinski definition) is 2. The van der Waals surface area contributed by atoms with E-state index < -0.39 is 16.0 Å². The molecule has 0 fully saturated rings. The van der Waals surface area contributed by atoms with Crippen molar-refractivity contribution in [3.63, 3.8) is 0 Å². The van der Waals surface area contributed by atoms with E-state index in [1.54, 1.807) is 13.8 Å².